The van der Waals surface area contributed by atoms with Crippen LogP contribution in [0.5, 0.6) is 0 Å². The Morgan fingerprint density at radius 1 is 1.48 bits per heavy atom. The molecule has 0 aliphatic carbocycles. The van der Waals surface area contributed by atoms with Crippen molar-refractivity contribution in [2.45, 2.75) is 32.7 Å². The Bertz CT molecular complexity index is 519. The fourth-order valence-electron chi connectivity index (χ4n) is 2.22. The van der Waals surface area contributed by atoms with Gasteiger partial charge in [-0.25, -0.2) is 4.79 Å². The quantitative estimate of drug-likeness (QED) is 0.553. The molecular weight excluding hydrogens is 272 g/mol. The molecule has 4 N–H and O–H groups in total. The number of urea groups is 1. The van der Waals surface area contributed by atoms with E-state index in [-0.39, 0.29) is 5.69 Å². The number of hydrogen-bond acceptors (Lipinski definition) is 4. The van der Waals surface area contributed by atoms with Gasteiger partial charge in [0.05, 0.1) is 10.5 Å². The number of carbonyl (C=O) groups excluding carboxylic acids is 1. The highest BCUT2D eigenvalue weighted by Crippen LogP contribution is 2.18. The molecule has 1 unspecified atom stereocenters. The molecule has 0 saturated heterocycles. The summed E-state index contributed by atoms with van der Waals surface area (Å²) in [6.45, 7) is 6.29. The molecule has 2 amide bonds. The predicted molar refractivity (Wildman–Crippen MR) is 82.2 cm³/mol. The molecule has 1 rings (SSSR count). The SMILES string of the molecule is CC(C)CC(C)(CN)NC(=O)Nc1cccc([N+](=O)[O-])c1. The summed E-state index contributed by atoms with van der Waals surface area (Å²) >= 11 is 0. The van der Waals surface area contributed by atoms with Gasteiger partial charge in [-0.3, -0.25) is 10.1 Å². The normalized spacial score (nSPS) is 13.6. The Hall–Kier alpha value is -2.15. The molecule has 7 nitrogen and oxygen atoms in total. The zero-order chi connectivity index (χ0) is 16.0. The Kier molecular flexibility index (Phi) is 5.66. The first-order chi connectivity index (χ1) is 9.75. The molecule has 0 bridgehead atoms. The third-order valence-corrected chi connectivity index (χ3v) is 3.04. The highest BCUT2D eigenvalue weighted by atomic mass is 16.6. The molecule has 1 aromatic carbocycles. The molecule has 0 aliphatic rings. The molecular formula is C14H22N4O3. The standard InChI is InChI=1S/C14H22N4O3/c1-10(2)8-14(3,9-15)17-13(19)16-11-5-4-6-12(7-11)18(20)21/h4-7,10H,8-9,15H2,1-3H3,(H2,16,17,19). The van der Waals surface area contributed by atoms with E-state index in [1.165, 1.54) is 18.2 Å². The van der Waals surface area contributed by atoms with Crippen LogP contribution in [0.3, 0.4) is 0 Å². The number of carbonyl (C=O) groups is 1. The zero-order valence-corrected chi connectivity index (χ0v) is 12.6. The first-order valence-electron chi connectivity index (χ1n) is 6.79. The number of nitro groups is 1. The third-order valence-electron chi connectivity index (χ3n) is 3.04. The number of nitrogens with two attached hydrogens (primary N) is 1. The van der Waals surface area contributed by atoms with Crippen molar-refractivity contribution >= 4 is 17.4 Å². The summed E-state index contributed by atoms with van der Waals surface area (Å²) < 4.78 is 0. The molecule has 7 heteroatoms. The van der Waals surface area contributed by atoms with Crippen LogP contribution in [0.15, 0.2) is 24.3 Å². The number of non-ortho nitro benzene ring substituents is 1. The summed E-state index contributed by atoms with van der Waals surface area (Å²) in [6, 6.07) is 5.36. The van der Waals surface area contributed by atoms with Crippen LogP contribution in [-0.4, -0.2) is 23.0 Å². The van der Waals surface area contributed by atoms with Gasteiger partial charge >= 0.3 is 6.03 Å². The smallest absolute Gasteiger partial charge is 0.319 e. The van der Waals surface area contributed by atoms with Crippen molar-refractivity contribution in [1.29, 1.82) is 0 Å². The minimum atomic E-state index is -0.515. The minimum Gasteiger partial charge on any atom is -0.331 e. The maximum absolute atomic E-state index is 12.0. The second-order valence-electron chi connectivity index (χ2n) is 5.75. The Morgan fingerprint density at radius 3 is 2.67 bits per heavy atom. The lowest BCUT2D eigenvalue weighted by Gasteiger charge is -2.31. The van der Waals surface area contributed by atoms with Gasteiger partial charge in [-0.05, 0) is 25.3 Å². The third kappa shape index (κ3) is 5.39. The highest BCUT2D eigenvalue weighted by molar-refractivity contribution is 5.90. The van der Waals surface area contributed by atoms with Crippen molar-refractivity contribution in [3.05, 3.63) is 34.4 Å². The first-order valence-corrected chi connectivity index (χ1v) is 6.79. The number of hydrogen-bond donors (Lipinski definition) is 3. The van der Waals surface area contributed by atoms with Gasteiger partial charge in [0.1, 0.15) is 0 Å². The predicted octanol–water partition coefficient (Wildman–Crippen LogP) is 2.48. The molecule has 116 valence electrons. The molecule has 1 atom stereocenters. The summed E-state index contributed by atoms with van der Waals surface area (Å²) in [7, 11) is 0. The van der Waals surface area contributed by atoms with Crippen LogP contribution >= 0.6 is 0 Å². The second-order valence-corrected chi connectivity index (χ2v) is 5.75. The van der Waals surface area contributed by atoms with Gasteiger partial charge in [-0.2, -0.15) is 0 Å². The molecule has 0 heterocycles. The van der Waals surface area contributed by atoms with Gasteiger partial charge in [-0.1, -0.05) is 19.9 Å². The minimum absolute atomic E-state index is 0.0726. The number of rotatable bonds is 6. The molecule has 0 radical (unpaired) electrons. The van der Waals surface area contributed by atoms with Crippen LogP contribution in [0.2, 0.25) is 0 Å². The van der Waals surface area contributed by atoms with Crippen LogP contribution in [0.4, 0.5) is 16.2 Å². The van der Waals surface area contributed by atoms with Crippen molar-refractivity contribution in [2.24, 2.45) is 11.7 Å². The van der Waals surface area contributed by atoms with E-state index in [2.05, 4.69) is 10.6 Å². The first kappa shape index (κ1) is 16.9. The maximum atomic E-state index is 12.0. The fraction of sp³-hybridized carbons (Fsp3) is 0.500. The average molecular weight is 294 g/mol. The van der Waals surface area contributed by atoms with Gasteiger partial charge in [0.15, 0.2) is 0 Å². The van der Waals surface area contributed by atoms with Crippen LogP contribution in [0, 0.1) is 16.0 Å². The number of nitrogens with zero attached hydrogens (tertiary/aromatic N) is 1. The van der Waals surface area contributed by atoms with Crippen molar-refractivity contribution in [3.63, 3.8) is 0 Å². The van der Waals surface area contributed by atoms with E-state index >= 15 is 0 Å². The average Bonchev–Trinajstić information content (AvgIpc) is 2.37. The van der Waals surface area contributed by atoms with Gasteiger partial charge in [0.2, 0.25) is 0 Å². The highest BCUT2D eigenvalue weighted by Gasteiger charge is 2.25. The van der Waals surface area contributed by atoms with Gasteiger partial charge in [0, 0.05) is 24.4 Å². The molecule has 0 aliphatic heterocycles. The van der Waals surface area contributed by atoms with E-state index in [1.807, 2.05) is 20.8 Å². The summed E-state index contributed by atoms with van der Waals surface area (Å²) in [5.74, 6) is 0.386. The second kappa shape index (κ2) is 7.03. The van der Waals surface area contributed by atoms with Crippen LogP contribution in [0.25, 0.3) is 0 Å². The zero-order valence-electron chi connectivity index (χ0n) is 12.6. The van der Waals surface area contributed by atoms with Crippen molar-refractivity contribution in [1.82, 2.24) is 5.32 Å². The lowest BCUT2D eigenvalue weighted by Crippen LogP contribution is -2.53. The van der Waals surface area contributed by atoms with Crippen LogP contribution < -0.4 is 16.4 Å². The van der Waals surface area contributed by atoms with E-state index in [0.29, 0.717) is 18.2 Å². The molecule has 0 saturated carbocycles. The molecule has 1 aromatic rings. The number of amides is 2. The summed E-state index contributed by atoms with van der Waals surface area (Å²) in [6.07, 6.45) is 0.742. The lowest BCUT2D eigenvalue weighted by atomic mass is 9.91. The number of nitro benzene ring substituents is 1. The molecule has 0 aromatic heterocycles. The van der Waals surface area contributed by atoms with Crippen LogP contribution in [-0.2, 0) is 0 Å². The topological polar surface area (TPSA) is 110 Å². The Labute approximate surface area is 124 Å². The van der Waals surface area contributed by atoms with E-state index in [9.17, 15) is 14.9 Å². The Morgan fingerprint density at radius 2 is 2.14 bits per heavy atom. The number of nitrogens with one attached hydrogen (secondary N) is 2. The van der Waals surface area contributed by atoms with Crippen molar-refractivity contribution in [2.75, 3.05) is 11.9 Å². The van der Waals surface area contributed by atoms with Gasteiger partial charge in [-0.15, -0.1) is 0 Å². The fourth-order valence-corrected chi connectivity index (χ4v) is 2.22. The maximum Gasteiger partial charge on any atom is 0.319 e. The van der Waals surface area contributed by atoms with Crippen molar-refractivity contribution in [3.8, 4) is 0 Å². The van der Waals surface area contributed by atoms with Crippen LogP contribution in [0.1, 0.15) is 27.2 Å². The van der Waals surface area contributed by atoms with E-state index in [4.69, 9.17) is 5.73 Å². The summed E-state index contributed by atoms with van der Waals surface area (Å²) in [5, 5.41) is 16.1. The van der Waals surface area contributed by atoms with Gasteiger partial charge in [0.25, 0.3) is 5.69 Å². The number of benzene rings is 1. The molecule has 21 heavy (non-hydrogen) atoms. The molecule has 0 fully saturated rings. The summed E-state index contributed by atoms with van der Waals surface area (Å²) in [4.78, 5) is 22.2. The van der Waals surface area contributed by atoms with E-state index < -0.39 is 16.5 Å². The van der Waals surface area contributed by atoms with Gasteiger partial charge < -0.3 is 16.4 Å². The summed E-state index contributed by atoms with van der Waals surface area (Å²) in [5.41, 5.74) is 5.51. The van der Waals surface area contributed by atoms with Crippen molar-refractivity contribution < 1.29 is 9.72 Å². The lowest BCUT2D eigenvalue weighted by molar-refractivity contribution is -0.384. The van der Waals surface area contributed by atoms with E-state index in [1.54, 1.807) is 6.07 Å². The monoisotopic (exact) mass is 294 g/mol. The van der Waals surface area contributed by atoms with E-state index in [0.717, 1.165) is 6.42 Å². The molecule has 0 spiro atoms. The number of anilines is 1. The Balaban J connectivity index is 2.72. The largest absolute Gasteiger partial charge is 0.331 e.